The number of amides is 2. The Kier molecular flexibility index (Phi) is 7.54. The van der Waals surface area contributed by atoms with Crippen molar-refractivity contribution in [2.75, 3.05) is 10.6 Å². The molecule has 6 heteroatoms. The number of hydrogen-bond acceptors (Lipinski definition) is 4. The third kappa shape index (κ3) is 6.02. The molecule has 4 rings (SSSR count). The van der Waals surface area contributed by atoms with Gasteiger partial charge in [-0.05, 0) is 30.3 Å². The minimum absolute atomic E-state index is 0.0251. The minimum Gasteiger partial charge on any atom is -0.326 e. The normalized spacial score (nSPS) is 10.9. The van der Waals surface area contributed by atoms with Crippen LogP contribution in [-0.2, 0) is 9.59 Å². The first-order valence-corrected chi connectivity index (χ1v) is 12.1. The van der Waals surface area contributed by atoms with Gasteiger partial charge in [0.15, 0.2) is 5.82 Å². The van der Waals surface area contributed by atoms with E-state index < -0.39 is 0 Å². The summed E-state index contributed by atoms with van der Waals surface area (Å²) >= 11 is 0. The van der Waals surface area contributed by atoms with Gasteiger partial charge in [-0.1, -0.05) is 82.3 Å². The minimum atomic E-state index is -0.114. The first-order chi connectivity index (χ1) is 17.3. The lowest BCUT2D eigenvalue weighted by Crippen LogP contribution is -2.17. The van der Waals surface area contributed by atoms with Crippen LogP contribution >= 0.6 is 0 Å². The van der Waals surface area contributed by atoms with Gasteiger partial charge in [-0.25, -0.2) is 9.97 Å². The van der Waals surface area contributed by atoms with Crippen molar-refractivity contribution in [1.29, 1.82) is 0 Å². The quantitative estimate of drug-likeness (QED) is 0.311. The van der Waals surface area contributed by atoms with E-state index in [9.17, 15) is 9.59 Å². The first-order valence-electron chi connectivity index (χ1n) is 12.1. The van der Waals surface area contributed by atoms with Crippen molar-refractivity contribution in [2.45, 2.75) is 27.7 Å². The Morgan fingerprint density at radius 1 is 0.583 bits per heavy atom. The van der Waals surface area contributed by atoms with Gasteiger partial charge in [-0.3, -0.25) is 9.59 Å². The number of aromatic nitrogens is 2. The van der Waals surface area contributed by atoms with Gasteiger partial charge >= 0.3 is 0 Å². The maximum Gasteiger partial charge on any atom is 0.226 e. The summed E-state index contributed by atoms with van der Waals surface area (Å²) in [5.74, 6) is 0.339. The monoisotopic (exact) mass is 478 g/mol. The van der Waals surface area contributed by atoms with E-state index in [4.69, 9.17) is 9.97 Å². The Morgan fingerprint density at radius 3 is 1.75 bits per heavy atom. The third-order valence-electron chi connectivity index (χ3n) is 5.68. The summed E-state index contributed by atoms with van der Waals surface area (Å²) in [6, 6.07) is 27.1. The van der Waals surface area contributed by atoms with Crippen LogP contribution in [0.25, 0.3) is 33.9 Å². The zero-order valence-corrected chi connectivity index (χ0v) is 20.9. The van der Waals surface area contributed by atoms with Crippen LogP contribution in [0, 0.1) is 11.8 Å². The second-order valence-electron chi connectivity index (χ2n) is 9.27. The molecule has 6 nitrogen and oxygen atoms in total. The van der Waals surface area contributed by atoms with Crippen molar-refractivity contribution in [3.05, 3.63) is 84.9 Å². The van der Waals surface area contributed by atoms with E-state index in [1.54, 1.807) is 0 Å². The van der Waals surface area contributed by atoms with Crippen LogP contribution in [-0.4, -0.2) is 21.8 Å². The fourth-order valence-electron chi connectivity index (χ4n) is 3.51. The summed E-state index contributed by atoms with van der Waals surface area (Å²) in [6.45, 7) is 7.45. The molecule has 0 atom stereocenters. The molecule has 0 saturated heterocycles. The summed E-state index contributed by atoms with van der Waals surface area (Å²) < 4.78 is 0. The van der Waals surface area contributed by atoms with Crippen molar-refractivity contribution in [3.8, 4) is 33.9 Å². The van der Waals surface area contributed by atoms with Crippen molar-refractivity contribution < 1.29 is 9.59 Å². The molecular formula is C30H30N4O2. The first kappa shape index (κ1) is 24.8. The molecule has 0 bridgehead atoms. The van der Waals surface area contributed by atoms with Gasteiger partial charge in [0.2, 0.25) is 11.8 Å². The van der Waals surface area contributed by atoms with Gasteiger partial charge in [0.25, 0.3) is 0 Å². The SMILES string of the molecule is CC(C)C(=O)Nc1ccc(-c2cc(-c3cccc(NC(=O)C(C)C)c3)nc(-c3ccccc3)n2)cc1. The molecule has 0 spiro atoms. The van der Waals surface area contributed by atoms with Gasteiger partial charge < -0.3 is 10.6 Å². The lowest BCUT2D eigenvalue weighted by molar-refractivity contribution is -0.119. The molecule has 0 saturated carbocycles. The number of nitrogens with zero attached hydrogens (tertiary/aromatic N) is 2. The Morgan fingerprint density at radius 2 is 1.14 bits per heavy atom. The Labute approximate surface area is 211 Å². The lowest BCUT2D eigenvalue weighted by Gasteiger charge is -2.12. The summed E-state index contributed by atoms with van der Waals surface area (Å²) in [7, 11) is 0. The highest BCUT2D eigenvalue weighted by atomic mass is 16.2. The average Bonchev–Trinajstić information content (AvgIpc) is 2.89. The van der Waals surface area contributed by atoms with Gasteiger partial charge in [-0.2, -0.15) is 0 Å². The van der Waals surface area contributed by atoms with E-state index in [0.29, 0.717) is 5.82 Å². The van der Waals surface area contributed by atoms with Gasteiger partial charge in [-0.15, -0.1) is 0 Å². The van der Waals surface area contributed by atoms with E-state index in [1.165, 1.54) is 0 Å². The molecule has 0 aliphatic carbocycles. The van der Waals surface area contributed by atoms with Crippen molar-refractivity contribution in [2.24, 2.45) is 11.8 Å². The summed E-state index contributed by atoms with van der Waals surface area (Å²) in [6.07, 6.45) is 0. The van der Waals surface area contributed by atoms with Crippen molar-refractivity contribution in [3.63, 3.8) is 0 Å². The zero-order chi connectivity index (χ0) is 25.7. The van der Waals surface area contributed by atoms with Crippen LogP contribution in [0.4, 0.5) is 11.4 Å². The molecule has 1 aromatic heterocycles. The van der Waals surface area contributed by atoms with E-state index in [2.05, 4.69) is 10.6 Å². The van der Waals surface area contributed by atoms with Crippen molar-refractivity contribution >= 4 is 23.2 Å². The largest absolute Gasteiger partial charge is 0.326 e. The molecule has 182 valence electrons. The van der Waals surface area contributed by atoms with E-state index in [1.807, 2.05) is 113 Å². The van der Waals surface area contributed by atoms with Crippen molar-refractivity contribution in [1.82, 2.24) is 9.97 Å². The van der Waals surface area contributed by atoms with E-state index >= 15 is 0 Å². The molecule has 0 fully saturated rings. The van der Waals surface area contributed by atoms with Crippen LogP contribution in [0.1, 0.15) is 27.7 Å². The van der Waals surface area contributed by atoms with E-state index in [0.717, 1.165) is 39.5 Å². The molecule has 36 heavy (non-hydrogen) atoms. The highest BCUT2D eigenvalue weighted by Crippen LogP contribution is 2.29. The maximum absolute atomic E-state index is 12.2. The number of nitrogens with one attached hydrogen (secondary N) is 2. The number of carbonyl (C=O) groups is 2. The predicted molar refractivity (Wildman–Crippen MR) is 145 cm³/mol. The van der Waals surface area contributed by atoms with Crippen LogP contribution in [0.3, 0.4) is 0 Å². The number of rotatable bonds is 7. The lowest BCUT2D eigenvalue weighted by atomic mass is 10.1. The average molecular weight is 479 g/mol. The third-order valence-corrected chi connectivity index (χ3v) is 5.68. The highest BCUT2D eigenvalue weighted by molar-refractivity contribution is 5.93. The number of benzene rings is 3. The molecular weight excluding hydrogens is 448 g/mol. The van der Waals surface area contributed by atoms with Crippen LogP contribution in [0.15, 0.2) is 84.9 Å². The Hall–Kier alpha value is -4.32. The molecule has 4 aromatic rings. The summed E-state index contributed by atoms with van der Waals surface area (Å²) in [5.41, 5.74) is 5.65. The van der Waals surface area contributed by atoms with Crippen LogP contribution < -0.4 is 10.6 Å². The molecule has 0 radical (unpaired) electrons. The Balaban J connectivity index is 1.74. The standard InChI is InChI=1S/C30H30N4O2/c1-19(2)29(35)31-24-15-13-21(14-16-24)26-18-27(34-28(33-26)22-9-6-5-7-10-22)23-11-8-12-25(17-23)32-30(36)20(3)4/h5-20H,1-4H3,(H,31,35)(H,32,36). The smallest absolute Gasteiger partial charge is 0.226 e. The topological polar surface area (TPSA) is 84.0 Å². The summed E-state index contributed by atoms with van der Waals surface area (Å²) in [4.78, 5) is 33.9. The molecule has 0 aliphatic rings. The Bertz CT molecular complexity index is 1360. The molecule has 2 amide bonds. The molecule has 1 heterocycles. The van der Waals surface area contributed by atoms with Crippen LogP contribution in [0.2, 0.25) is 0 Å². The van der Waals surface area contributed by atoms with Gasteiger partial charge in [0.05, 0.1) is 11.4 Å². The molecule has 3 aromatic carbocycles. The molecule has 2 N–H and O–H groups in total. The molecule has 0 unspecified atom stereocenters. The zero-order valence-electron chi connectivity index (χ0n) is 20.9. The number of hydrogen-bond donors (Lipinski definition) is 2. The molecule has 0 aliphatic heterocycles. The van der Waals surface area contributed by atoms with Gasteiger partial charge in [0.1, 0.15) is 0 Å². The number of carbonyl (C=O) groups excluding carboxylic acids is 2. The second-order valence-corrected chi connectivity index (χ2v) is 9.27. The summed E-state index contributed by atoms with van der Waals surface area (Å²) in [5, 5.41) is 5.87. The maximum atomic E-state index is 12.2. The number of anilines is 2. The fourth-order valence-corrected chi connectivity index (χ4v) is 3.51. The predicted octanol–water partition coefficient (Wildman–Crippen LogP) is 6.67. The fraction of sp³-hybridized carbons (Fsp3) is 0.200. The second kappa shape index (κ2) is 11.0. The highest BCUT2D eigenvalue weighted by Gasteiger charge is 2.13. The van der Waals surface area contributed by atoms with Crippen LogP contribution in [0.5, 0.6) is 0 Å². The van der Waals surface area contributed by atoms with E-state index in [-0.39, 0.29) is 23.7 Å². The van der Waals surface area contributed by atoms with Gasteiger partial charge in [0, 0.05) is 39.9 Å².